The van der Waals surface area contributed by atoms with Gasteiger partial charge in [0.05, 0.1) is 12.3 Å². The van der Waals surface area contributed by atoms with E-state index >= 15 is 0 Å². The summed E-state index contributed by atoms with van der Waals surface area (Å²) in [6.07, 6.45) is 3.51. The van der Waals surface area contributed by atoms with Gasteiger partial charge in [0.15, 0.2) is 0 Å². The Morgan fingerprint density at radius 3 is 2.86 bits per heavy atom. The van der Waals surface area contributed by atoms with Crippen LogP contribution in [0, 0.1) is 0 Å². The molecule has 21 heavy (non-hydrogen) atoms. The Morgan fingerprint density at radius 1 is 1.24 bits per heavy atom. The molecule has 5 heteroatoms. The van der Waals surface area contributed by atoms with Gasteiger partial charge in [-0.05, 0) is 65.0 Å². The number of carbonyl (C=O) groups excluding carboxylic acids is 1. The van der Waals surface area contributed by atoms with Crippen LogP contribution >= 0.6 is 15.9 Å². The summed E-state index contributed by atoms with van der Waals surface area (Å²) in [5.74, 6) is 0.201. The quantitative estimate of drug-likeness (QED) is 0.905. The molecule has 0 aromatic heterocycles. The van der Waals surface area contributed by atoms with E-state index in [1.54, 1.807) is 7.11 Å². The van der Waals surface area contributed by atoms with Crippen LogP contribution in [-0.4, -0.2) is 39.3 Å². The summed E-state index contributed by atoms with van der Waals surface area (Å²) in [7, 11) is 1.67. The first-order valence-corrected chi connectivity index (χ1v) is 8.35. The fraction of sp³-hybridized carbons (Fsp3) is 0.562. The van der Waals surface area contributed by atoms with Crippen LogP contribution in [0.15, 0.2) is 10.5 Å². The number of halogens is 1. The van der Waals surface area contributed by atoms with E-state index in [1.165, 1.54) is 16.7 Å². The van der Waals surface area contributed by atoms with Gasteiger partial charge in [-0.15, -0.1) is 0 Å². The van der Waals surface area contributed by atoms with Crippen LogP contribution < -0.4 is 10.2 Å². The molecule has 1 N–H and O–H groups in total. The highest BCUT2D eigenvalue weighted by atomic mass is 79.9. The smallest absolute Gasteiger partial charge is 0.227 e. The average Bonchev–Trinajstić information content (AvgIpc) is 2.72. The van der Waals surface area contributed by atoms with Gasteiger partial charge in [0.1, 0.15) is 0 Å². The predicted molar refractivity (Wildman–Crippen MR) is 87.0 cm³/mol. The Bertz CT molecular complexity index is 560. The first kappa shape index (κ1) is 15.0. The second kappa shape index (κ2) is 6.46. The molecule has 114 valence electrons. The van der Waals surface area contributed by atoms with E-state index in [0.717, 1.165) is 42.5 Å². The summed E-state index contributed by atoms with van der Waals surface area (Å²) in [5, 5.41) is 3.44. The number of amides is 1. The second-order valence-corrected chi connectivity index (χ2v) is 6.42. The van der Waals surface area contributed by atoms with E-state index in [2.05, 4.69) is 27.3 Å². The zero-order chi connectivity index (χ0) is 14.8. The van der Waals surface area contributed by atoms with E-state index in [4.69, 9.17) is 4.74 Å². The third kappa shape index (κ3) is 2.87. The molecular weight excluding hydrogens is 332 g/mol. The largest absolute Gasteiger partial charge is 0.383 e. The summed E-state index contributed by atoms with van der Waals surface area (Å²) in [6, 6.07) is 2.31. The molecule has 1 amide bonds. The standard InChI is InChI=1S/C16H21BrN2O2/c1-21-9-8-19-14(20)3-2-12-10-11-4-6-18-7-5-13(11)15(17)16(12)19/h10,18H,2-9H2,1H3. The number of nitrogens with zero attached hydrogens (tertiary/aromatic N) is 1. The molecular formula is C16H21BrN2O2. The number of anilines is 1. The molecule has 0 bridgehead atoms. The number of aryl methyl sites for hydroxylation is 1. The molecule has 1 aromatic rings. The van der Waals surface area contributed by atoms with Crippen LogP contribution in [-0.2, 0) is 28.8 Å². The number of methoxy groups -OCH3 is 1. The number of hydrogen-bond donors (Lipinski definition) is 1. The first-order valence-electron chi connectivity index (χ1n) is 7.55. The van der Waals surface area contributed by atoms with Gasteiger partial charge in [0, 0.05) is 24.5 Å². The summed E-state index contributed by atoms with van der Waals surface area (Å²) in [4.78, 5) is 14.2. The number of ether oxygens (including phenoxy) is 1. The summed E-state index contributed by atoms with van der Waals surface area (Å²) in [5.41, 5.74) is 5.14. The van der Waals surface area contributed by atoms with Gasteiger partial charge < -0.3 is 15.0 Å². The van der Waals surface area contributed by atoms with Crippen molar-refractivity contribution in [3.05, 3.63) is 27.2 Å². The minimum atomic E-state index is 0.201. The summed E-state index contributed by atoms with van der Waals surface area (Å²) >= 11 is 3.78. The third-order valence-electron chi connectivity index (χ3n) is 4.33. The molecule has 0 fully saturated rings. The first-order chi connectivity index (χ1) is 10.2. The molecule has 0 atom stereocenters. The van der Waals surface area contributed by atoms with Crippen molar-refractivity contribution in [2.24, 2.45) is 0 Å². The van der Waals surface area contributed by atoms with Gasteiger partial charge in [-0.1, -0.05) is 6.07 Å². The van der Waals surface area contributed by atoms with Crippen LogP contribution in [0.1, 0.15) is 23.1 Å². The fourth-order valence-electron chi connectivity index (χ4n) is 3.25. The Morgan fingerprint density at radius 2 is 2.05 bits per heavy atom. The Kier molecular flexibility index (Phi) is 4.62. The van der Waals surface area contributed by atoms with Crippen molar-refractivity contribution < 1.29 is 9.53 Å². The number of rotatable bonds is 3. The van der Waals surface area contributed by atoms with E-state index in [-0.39, 0.29) is 5.91 Å². The maximum Gasteiger partial charge on any atom is 0.227 e. The lowest BCUT2D eigenvalue weighted by Gasteiger charge is -2.32. The van der Waals surface area contributed by atoms with Gasteiger partial charge in [-0.2, -0.15) is 0 Å². The van der Waals surface area contributed by atoms with Crippen LogP contribution in [0.5, 0.6) is 0 Å². The molecule has 0 spiro atoms. The van der Waals surface area contributed by atoms with Crippen LogP contribution in [0.25, 0.3) is 0 Å². The number of fused-ring (bicyclic) bond motifs is 2. The number of nitrogens with one attached hydrogen (secondary N) is 1. The normalized spacial score (nSPS) is 18.2. The van der Waals surface area contributed by atoms with E-state index in [1.807, 2.05) is 4.90 Å². The lowest BCUT2D eigenvalue weighted by molar-refractivity contribution is -0.119. The monoisotopic (exact) mass is 352 g/mol. The third-order valence-corrected chi connectivity index (χ3v) is 5.19. The van der Waals surface area contributed by atoms with Crippen molar-refractivity contribution in [3.63, 3.8) is 0 Å². The summed E-state index contributed by atoms with van der Waals surface area (Å²) in [6.45, 7) is 3.22. The van der Waals surface area contributed by atoms with Crippen molar-refractivity contribution in [1.29, 1.82) is 0 Å². The highest BCUT2D eigenvalue weighted by Gasteiger charge is 2.28. The molecule has 3 rings (SSSR count). The van der Waals surface area contributed by atoms with Gasteiger partial charge >= 0.3 is 0 Å². The van der Waals surface area contributed by atoms with Gasteiger partial charge in [0.2, 0.25) is 5.91 Å². The molecule has 2 aliphatic heterocycles. The number of hydrogen-bond acceptors (Lipinski definition) is 3. The predicted octanol–water partition coefficient (Wildman–Crippen LogP) is 2.06. The lowest BCUT2D eigenvalue weighted by atomic mass is 9.93. The highest BCUT2D eigenvalue weighted by molar-refractivity contribution is 9.10. The van der Waals surface area contributed by atoms with Crippen molar-refractivity contribution in [1.82, 2.24) is 5.32 Å². The Hall–Kier alpha value is -0.910. The van der Waals surface area contributed by atoms with Gasteiger partial charge in [-0.3, -0.25) is 4.79 Å². The van der Waals surface area contributed by atoms with Crippen molar-refractivity contribution in [2.75, 3.05) is 38.3 Å². The minimum absolute atomic E-state index is 0.201. The Labute approximate surface area is 134 Å². The molecule has 1 aromatic carbocycles. The van der Waals surface area contributed by atoms with Gasteiger partial charge in [0.25, 0.3) is 0 Å². The van der Waals surface area contributed by atoms with Crippen molar-refractivity contribution in [2.45, 2.75) is 25.7 Å². The summed E-state index contributed by atoms with van der Waals surface area (Å²) < 4.78 is 6.28. The molecule has 0 saturated heterocycles. The van der Waals surface area contributed by atoms with Crippen LogP contribution in [0.3, 0.4) is 0 Å². The van der Waals surface area contributed by atoms with Crippen molar-refractivity contribution in [3.8, 4) is 0 Å². The molecule has 0 aliphatic carbocycles. The average molecular weight is 353 g/mol. The van der Waals surface area contributed by atoms with Gasteiger partial charge in [-0.25, -0.2) is 0 Å². The second-order valence-electron chi connectivity index (χ2n) is 5.62. The molecule has 2 heterocycles. The number of carbonyl (C=O) groups is 1. The maximum absolute atomic E-state index is 12.3. The molecule has 0 saturated carbocycles. The molecule has 2 aliphatic rings. The highest BCUT2D eigenvalue weighted by Crippen LogP contribution is 2.40. The molecule has 0 unspecified atom stereocenters. The zero-order valence-electron chi connectivity index (χ0n) is 12.4. The van der Waals surface area contributed by atoms with E-state index in [9.17, 15) is 4.79 Å². The van der Waals surface area contributed by atoms with E-state index < -0.39 is 0 Å². The SMILES string of the molecule is COCCN1C(=O)CCc2cc3c(c(Br)c21)CCNCC3. The van der Waals surface area contributed by atoms with E-state index in [0.29, 0.717) is 19.6 Å². The Balaban J connectivity index is 2.05. The molecule has 4 nitrogen and oxygen atoms in total. The van der Waals surface area contributed by atoms with Crippen molar-refractivity contribution >= 4 is 27.5 Å². The zero-order valence-corrected chi connectivity index (χ0v) is 14.0. The fourth-order valence-corrected chi connectivity index (χ4v) is 4.17. The maximum atomic E-state index is 12.3. The van der Waals surface area contributed by atoms with Crippen LogP contribution in [0.4, 0.5) is 5.69 Å². The lowest BCUT2D eigenvalue weighted by Crippen LogP contribution is -2.38. The topological polar surface area (TPSA) is 41.6 Å². The minimum Gasteiger partial charge on any atom is -0.383 e. The number of benzene rings is 1. The molecule has 0 radical (unpaired) electrons. The van der Waals surface area contributed by atoms with Crippen LogP contribution in [0.2, 0.25) is 0 Å².